The van der Waals surface area contributed by atoms with Gasteiger partial charge in [0.15, 0.2) is 0 Å². The molecule has 0 unspecified atom stereocenters. The molecule has 0 fully saturated rings. The first-order valence-electron chi connectivity index (χ1n) is 4.70. The van der Waals surface area contributed by atoms with Crippen molar-refractivity contribution in [2.45, 2.75) is 6.42 Å². The van der Waals surface area contributed by atoms with Crippen molar-refractivity contribution >= 4 is 18.6 Å². The summed E-state index contributed by atoms with van der Waals surface area (Å²) >= 11 is 4.03. The zero-order valence-corrected chi connectivity index (χ0v) is 9.75. The molecule has 1 aromatic carbocycles. The number of esters is 1. The number of phenolic OH excluding ortho intramolecular Hbond substituents is 1. The Morgan fingerprint density at radius 2 is 2.31 bits per heavy atom. The second-order valence-electron chi connectivity index (χ2n) is 3.00. The summed E-state index contributed by atoms with van der Waals surface area (Å²) in [5, 5.41) is 9.57. The summed E-state index contributed by atoms with van der Waals surface area (Å²) in [6, 6.07) is 4.60. The van der Waals surface area contributed by atoms with Crippen molar-refractivity contribution in [2.24, 2.45) is 0 Å². The maximum Gasteiger partial charge on any atom is 0.341 e. The first-order chi connectivity index (χ1) is 7.69. The molecule has 0 radical (unpaired) electrons. The van der Waals surface area contributed by atoms with Gasteiger partial charge in [0.1, 0.15) is 11.3 Å². The van der Waals surface area contributed by atoms with Crippen LogP contribution in [0.5, 0.6) is 5.75 Å². The van der Waals surface area contributed by atoms with Gasteiger partial charge in [0.2, 0.25) is 0 Å². The van der Waals surface area contributed by atoms with E-state index in [-0.39, 0.29) is 11.3 Å². The molecule has 0 spiro atoms. The number of phenols is 1. The van der Waals surface area contributed by atoms with Gasteiger partial charge < -0.3 is 9.84 Å². The van der Waals surface area contributed by atoms with Crippen molar-refractivity contribution in [3.8, 4) is 17.6 Å². The minimum Gasteiger partial charge on any atom is -0.507 e. The molecule has 1 N–H and O–H groups in total. The Hall–Kier alpha value is -1.60. The van der Waals surface area contributed by atoms with Crippen molar-refractivity contribution in [1.82, 2.24) is 0 Å². The lowest BCUT2D eigenvalue weighted by Crippen LogP contribution is -2.01. The molecule has 0 saturated carbocycles. The molecular weight excluding hydrogens is 224 g/mol. The highest BCUT2D eigenvalue weighted by Crippen LogP contribution is 2.19. The van der Waals surface area contributed by atoms with E-state index < -0.39 is 5.97 Å². The van der Waals surface area contributed by atoms with Crippen molar-refractivity contribution in [3.05, 3.63) is 29.3 Å². The lowest BCUT2D eigenvalue weighted by atomic mass is 10.1. The minimum atomic E-state index is -0.563. The first-order valence-corrected chi connectivity index (χ1v) is 5.33. The predicted octanol–water partition coefficient (Wildman–Crippen LogP) is 1.85. The normalized spacial score (nSPS) is 9.12. The number of hydrogen-bond acceptors (Lipinski definition) is 4. The van der Waals surface area contributed by atoms with E-state index in [2.05, 4.69) is 29.2 Å². The molecule has 0 atom stereocenters. The Bertz CT molecular complexity index is 443. The Kier molecular flexibility index (Phi) is 4.74. The van der Waals surface area contributed by atoms with Gasteiger partial charge >= 0.3 is 5.97 Å². The lowest BCUT2D eigenvalue weighted by Gasteiger charge is -2.02. The highest BCUT2D eigenvalue weighted by atomic mass is 32.1. The monoisotopic (exact) mass is 236 g/mol. The Morgan fingerprint density at radius 3 is 2.88 bits per heavy atom. The number of methoxy groups -OCH3 is 1. The third-order valence-corrected chi connectivity index (χ3v) is 2.10. The van der Waals surface area contributed by atoms with Crippen molar-refractivity contribution in [1.29, 1.82) is 0 Å². The molecule has 3 nitrogen and oxygen atoms in total. The van der Waals surface area contributed by atoms with E-state index in [0.717, 1.165) is 0 Å². The number of benzene rings is 1. The molecule has 0 aromatic heterocycles. The van der Waals surface area contributed by atoms with Crippen LogP contribution in [0.3, 0.4) is 0 Å². The fourth-order valence-electron chi connectivity index (χ4n) is 1.11. The van der Waals surface area contributed by atoms with E-state index in [0.29, 0.717) is 17.7 Å². The molecule has 0 saturated heterocycles. The number of ether oxygens (including phenoxy) is 1. The van der Waals surface area contributed by atoms with Gasteiger partial charge in [-0.25, -0.2) is 4.79 Å². The number of carbonyl (C=O) groups excluding carboxylic acids is 1. The SMILES string of the molecule is COC(=O)c1ccc(C#CCCS)cc1O. The number of rotatable bonds is 2. The Labute approximate surface area is 99.8 Å². The van der Waals surface area contributed by atoms with Crippen molar-refractivity contribution in [2.75, 3.05) is 12.9 Å². The van der Waals surface area contributed by atoms with E-state index in [1.165, 1.54) is 19.2 Å². The minimum absolute atomic E-state index is 0.121. The van der Waals surface area contributed by atoms with Crippen LogP contribution < -0.4 is 0 Å². The number of hydrogen-bond donors (Lipinski definition) is 2. The molecule has 0 heterocycles. The molecule has 16 heavy (non-hydrogen) atoms. The van der Waals surface area contributed by atoms with Crippen LogP contribution in [0.2, 0.25) is 0 Å². The summed E-state index contributed by atoms with van der Waals surface area (Å²) in [5.41, 5.74) is 0.800. The van der Waals surface area contributed by atoms with Gasteiger partial charge in [-0.1, -0.05) is 11.8 Å². The molecule has 1 aromatic rings. The predicted molar refractivity (Wildman–Crippen MR) is 64.8 cm³/mol. The van der Waals surface area contributed by atoms with Gasteiger partial charge in [0.05, 0.1) is 7.11 Å². The summed E-state index contributed by atoms with van der Waals surface area (Å²) in [6.45, 7) is 0. The van der Waals surface area contributed by atoms with Crippen molar-refractivity contribution < 1.29 is 14.6 Å². The van der Waals surface area contributed by atoms with Gasteiger partial charge in [0.25, 0.3) is 0 Å². The average Bonchev–Trinajstić information content (AvgIpc) is 2.29. The van der Waals surface area contributed by atoms with Gasteiger partial charge in [-0.15, -0.1) is 0 Å². The van der Waals surface area contributed by atoms with Crippen molar-refractivity contribution in [3.63, 3.8) is 0 Å². The molecule has 0 aliphatic carbocycles. The lowest BCUT2D eigenvalue weighted by molar-refractivity contribution is 0.0597. The number of thiol groups is 1. The van der Waals surface area contributed by atoms with Crippen LogP contribution in [-0.4, -0.2) is 23.9 Å². The fraction of sp³-hybridized carbons (Fsp3) is 0.250. The zero-order valence-electron chi connectivity index (χ0n) is 8.86. The largest absolute Gasteiger partial charge is 0.507 e. The van der Waals surface area contributed by atoms with Crippen LogP contribution in [0.1, 0.15) is 22.3 Å². The van der Waals surface area contributed by atoms with Crippen LogP contribution in [0.4, 0.5) is 0 Å². The highest BCUT2D eigenvalue weighted by Gasteiger charge is 2.10. The topological polar surface area (TPSA) is 46.5 Å². The second kappa shape index (κ2) is 6.09. The fourth-order valence-corrected chi connectivity index (χ4v) is 1.22. The van der Waals surface area contributed by atoms with Crippen LogP contribution >= 0.6 is 12.6 Å². The standard InChI is InChI=1S/C12H12O3S/c1-15-12(14)10-6-5-9(8-11(10)13)4-2-3-7-16/h5-6,8,13,16H,3,7H2,1H3. The maximum absolute atomic E-state index is 11.2. The molecule has 84 valence electrons. The molecule has 4 heteroatoms. The molecule has 0 bridgehead atoms. The Balaban J connectivity index is 2.92. The summed E-state index contributed by atoms with van der Waals surface area (Å²) in [7, 11) is 1.27. The van der Waals surface area contributed by atoms with Crippen LogP contribution in [0, 0.1) is 11.8 Å². The van der Waals surface area contributed by atoms with E-state index >= 15 is 0 Å². The summed E-state index contributed by atoms with van der Waals surface area (Å²) in [5.74, 6) is 5.76. The molecule has 1 rings (SSSR count). The molecule has 0 amide bonds. The van der Waals surface area contributed by atoms with E-state index in [1.807, 2.05) is 0 Å². The summed E-state index contributed by atoms with van der Waals surface area (Å²) in [4.78, 5) is 11.2. The second-order valence-corrected chi connectivity index (χ2v) is 3.45. The zero-order chi connectivity index (χ0) is 12.0. The molecular formula is C12H12O3S. The van der Waals surface area contributed by atoms with E-state index in [4.69, 9.17) is 0 Å². The van der Waals surface area contributed by atoms with Gasteiger partial charge in [0, 0.05) is 17.7 Å². The third-order valence-electron chi connectivity index (χ3n) is 1.87. The third kappa shape index (κ3) is 3.21. The quantitative estimate of drug-likeness (QED) is 0.468. The van der Waals surface area contributed by atoms with Crippen LogP contribution in [-0.2, 0) is 4.74 Å². The number of carbonyl (C=O) groups is 1. The summed E-state index contributed by atoms with van der Waals surface area (Å²) < 4.78 is 4.51. The van der Waals surface area contributed by atoms with Crippen LogP contribution in [0.15, 0.2) is 18.2 Å². The smallest absolute Gasteiger partial charge is 0.341 e. The van der Waals surface area contributed by atoms with E-state index in [9.17, 15) is 9.90 Å². The molecule has 0 aliphatic heterocycles. The van der Waals surface area contributed by atoms with Gasteiger partial charge in [-0.2, -0.15) is 12.6 Å². The van der Waals surface area contributed by atoms with E-state index in [1.54, 1.807) is 6.07 Å². The van der Waals surface area contributed by atoms with Gasteiger partial charge in [-0.3, -0.25) is 0 Å². The average molecular weight is 236 g/mol. The first kappa shape index (κ1) is 12.5. The van der Waals surface area contributed by atoms with Crippen LogP contribution in [0.25, 0.3) is 0 Å². The summed E-state index contributed by atoms with van der Waals surface area (Å²) in [6.07, 6.45) is 0.683. The maximum atomic E-state index is 11.2. The molecule has 0 aliphatic rings. The number of aromatic hydroxyl groups is 1. The highest BCUT2D eigenvalue weighted by molar-refractivity contribution is 7.80. The Morgan fingerprint density at radius 1 is 1.56 bits per heavy atom. The van der Waals surface area contributed by atoms with Gasteiger partial charge in [-0.05, 0) is 18.2 Å².